The zero-order chi connectivity index (χ0) is 12.5. The van der Waals surface area contributed by atoms with Crippen LogP contribution in [-0.4, -0.2) is 6.29 Å². The smallest absolute Gasteiger partial charge is 0.146 e. The van der Waals surface area contributed by atoms with E-state index in [2.05, 4.69) is 26.0 Å². The van der Waals surface area contributed by atoms with Crippen LogP contribution in [0.1, 0.15) is 45.1 Å². The molecular formula is C16H22O. The second-order valence-corrected chi connectivity index (χ2v) is 4.37. The number of carbonyl (C=O) groups excluding carboxylic acids is 1. The number of rotatable bonds is 7. The minimum absolute atomic E-state index is 0.775. The molecule has 1 nitrogen and oxygen atoms in total. The topological polar surface area (TPSA) is 17.1 Å². The van der Waals surface area contributed by atoms with Crippen molar-refractivity contribution in [2.45, 2.75) is 46.0 Å². The molecule has 1 aromatic carbocycles. The Morgan fingerprint density at radius 3 is 2.41 bits per heavy atom. The average molecular weight is 230 g/mol. The molecule has 0 fully saturated rings. The first kappa shape index (κ1) is 13.7. The van der Waals surface area contributed by atoms with Crippen LogP contribution in [0.2, 0.25) is 0 Å². The van der Waals surface area contributed by atoms with Crippen molar-refractivity contribution in [3.63, 3.8) is 0 Å². The molecule has 0 spiro atoms. The molecule has 1 heteroatoms. The van der Waals surface area contributed by atoms with Gasteiger partial charge in [-0.25, -0.2) is 0 Å². The van der Waals surface area contributed by atoms with E-state index >= 15 is 0 Å². The van der Waals surface area contributed by atoms with Crippen molar-refractivity contribution in [3.8, 4) is 0 Å². The molecule has 0 radical (unpaired) electrons. The van der Waals surface area contributed by atoms with E-state index in [-0.39, 0.29) is 0 Å². The van der Waals surface area contributed by atoms with Crippen molar-refractivity contribution in [1.29, 1.82) is 0 Å². The van der Waals surface area contributed by atoms with Crippen molar-refractivity contribution in [3.05, 3.63) is 47.0 Å². The van der Waals surface area contributed by atoms with E-state index < -0.39 is 0 Å². The van der Waals surface area contributed by atoms with Crippen LogP contribution < -0.4 is 0 Å². The Balaban J connectivity index is 2.80. The molecule has 0 saturated heterocycles. The third kappa shape index (κ3) is 4.56. The Morgan fingerprint density at radius 1 is 1.18 bits per heavy atom. The predicted molar refractivity (Wildman–Crippen MR) is 73.1 cm³/mol. The van der Waals surface area contributed by atoms with Crippen LogP contribution in [0.4, 0.5) is 0 Å². The molecule has 92 valence electrons. The SMILES string of the molecule is CCCC/C(CC)=C(/C=O)Cc1ccccc1. The molecule has 1 rings (SSSR count). The maximum atomic E-state index is 11.2. The number of hydrogen-bond acceptors (Lipinski definition) is 1. The normalized spacial score (nSPS) is 12.1. The zero-order valence-electron chi connectivity index (χ0n) is 10.9. The first-order valence-corrected chi connectivity index (χ1v) is 6.51. The van der Waals surface area contributed by atoms with E-state index in [9.17, 15) is 4.79 Å². The van der Waals surface area contributed by atoms with Gasteiger partial charge in [-0.05, 0) is 30.4 Å². The van der Waals surface area contributed by atoms with Gasteiger partial charge in [0.25, 0.3) is 0 Å². The first-order valence-electron chi connectivity index (χ1n) is 6.51. The minimum Gasteiger partial charge on any atom is -0.298 e. The van der Waals surface area contributed by atoms with Gasteiger partial charge < -0.3 is 0 Å². The molecule has 0 aliphatic rings. The van der Waals surface area contributed by atoms with Gasteiger partial charge in [0, 0.05) is 6.42 Å². The summed E-state index contributed by atoms with van der Waals surface area (Å²) in [6, 6.07) is 10.2. The lowest BCUT2D eigenvalue weighted by Crippen LogP contribution is -1.98. The number of hydrogen-bond donors (Lipinski definition) is 0. The lowest BCUT2D eigenvalue weighted by molar-refractivity contribution is -0.105. The van der Waals surface area contributed by atoms with E-state index in [0.717, 1.165) is 31.1 Å². The number of allylic oxidation sites excluding steroid dienone is 2. The molecule has 0 aliphatic carbocycles. The van der Waals surface area contributed by atoms with Gasteiger partial charge in [0.15, 0.2) is 0 Å². The summed E-state index contributed by atoms with van der Waals surface area (Å²) in [5.41, 5.74) is 3.52. The fourth-order valence-corrected chi connectivity index (χ4v) is 2.02. The van der Waals surface area contributed by atoms with E-state index in [1.54, 1.807) is 0 Å². The Hall–Kier alpha value is -1.37. The standard InChI is InChI=1S/C16H22O/c1-3-5-11-15(4-2)16(13-17)12-14-9-7-6-8-10-14/h6-10,13H,3-5,11-12H2,1-2H3/b16-15+. The molecule has 0 amide bonds. The third-order valence-electron chi connectivity index (χ3n) is 3.09. The molecule has 0 aliphatic heterocycles. The van der Waals surface area contributed by atoms with Gasteiger partial charge in [0.05, 0.1) is 0 Å². The van der Waals surface area contributed by atoms with Gasteiger partial charge in [0.1, 0.15) is 6.29 Å². The summed E-state index contributed by atoms with van der Waals surface area (Å²) >= 11 is 0. The molecule has 17 heavy (non-hydrogen) atoms. The fraction of sp³-hybridized carbons (Fsp3) is 0.438. The third-order valence-corrected chi connectivity index (χ3v) is 3.09. The highest BCUT2D eigenvalue weighted by Gasteiger charge is 2.05. The van der Waals surface area contributed by atoms with Gasteiger partial charge in [-0.1, -0.05) is 56.2 Å². The van der Waals surface area contributed by atoms with Crippen LogP contribution in [0.3, 0.4) is 0 Å². The quantitative estimate of drug-likeness (QED) is 0.503. The maximum absolute atomic E-state index is 11.2. The van der Waals surface area contributed by atoms with Crippen molar-refractivity contribution < 1.29 is 4.79 Å². The predicted octanol–water partition coefficient (Wildman–Crippen LogP) is 4.32. The molecule has 0 bridgehead atoms. The zero-order valence-corrected chi connectivity index (χ0v) is 10.9. The fourth-order valence-electron chi connectivity index (χ4n) is 2.02. The molecule has 0 N–H and O–H groups in total. The van der Waals surface area contributed by atoms with Crippen molar-refractivity contribution in [2.75, 3.05) is 0 Å². The minimum atomic E-state index is 0.775. The van der Waals surface area contributed by atoms with Crippen LogP contribution in [-0.2, 0) is 11.2 Å². The molecule has 0 atom stereocenters. The van der Waals surface area contributed by atoms with E-state index in [1.165, 1.54) is 24.0 Å². The molecule has 0 saturated carbocycles. The summed E-state index contributed by atoms with van der Waals surface area (Å²) in [5.74, 6) is 0. The average Bonchev–Trinajstić information content (AvgIpc) is 2.39. The van der Waals surface area contributed by atoms with Gasteiger partial charge >= 0.3 is 0 Å². The Labute approximate surface area is 105 Å². The lowest BCUT2D eigenvalue weighted by atomic mass is 9.96. The lowest BCUT2D eigenvalue weighted by Gasteiger charge is -2.09. The van der Waals surface area contributed by atoms with Crippen LogP contribution in [0.5, 0.6) is 0 Å². The van der Waals surface area contributed by atoms with E-state index in [1.807, 2.05) is 18.2 Å². The summed E-state index contributed by atoms with van der Waals surface area (Å²) in [7, 11) is 0. The molecule has 0 aromatic heterocycles. The highest BCUT2D eigenvalue weighted by molar-refractivity contribution is 5.75. The van der Waals surface area contributed by atoms with E-state index in [4.69, 9.17) is 0 Å². The van der Waals surface area contributed by atoms with Gasteiger partial charge in [-0.15, -0.1) is 0 Å². The largest absolute Gasteiger partial charge is 0.298 e. The number of carbonyl (C=O) groups is 1. The van der Waals surface area contributed by atoms with Gasteiger partial charge in [-0.3, -0.25) is 4.79 Å². The summed E-state index contributed by atoms with van der Waals surface area (Å²) in [4.78, 5) is 11.2. The summed E-state index contributed by atoms with van der Waals surface area (Å²) < 4.78 is 0. The first-order chi connectivity index (χ1) is 8.31. The van der Waals surface area contributed by atoms with Crippen LogP contribution >= 0.6 is 0 Å². The Kier molecular flexibility index (Phi) is 6.31. The monoisotopic (exact) mass is 230 g/mol. The summed E-state index contributed by atoms with van der Waals surface area (Å²) in [6.45, 7) is 4.32. The van der Waals surface area contributed by atoms with Gasteiger partial charge in [-0.2, -0.15) is 0 Å². The molecule has 0 heterocycles. The van der Waals surface area contributed by atoms with Crippen molar-refractivity contribution in [2.24, 2.45) is 0 Å². The molecule has 1 aromatic rings. The maximum Gasteiger partial charge on any atom is 0.146 e. The van der Waals surface area contributed by atoms with E-state index in [0.29, 0.717) is 0 Å². The van der Waals surface area contributed by atoms with Crippen molar-refractivity contribution in [1.82, 2.24) is 0 Å². The van der Waals surface area contributed by atoms with Crippen LogP contribution in [0.15, 0.2) is 41.5 Å². The summed E-state index contributed by atoms with van der Waals surface area (Å²) in [6.07, 6.45) is 6.23. The second kappa shape index (κ2) is 7.83. The molecular weight excluding hydrogens is 208 g/mol. The number of unbranched alkanes of at least 4 members (excludes halogenated alkanes) is 1. The molecule has 0 unspecified atom stereocenters. The Morgan fingerprint density at radius 2 is 1.88 bits per heavy atom. The Bertz CT molecular complexity index is 362. The summed E-state index contributed by atoms with van der Waals surface area (Å²) in [5, 5.41) is 0. The highest BCUT2D eigenvalue weighted by Crippen LogP contribution is 2.18. The highest BCUT2D eigenvalue weighted by atomic mass is 16.1. The van der Waals surface area contributed by atoms with Crippen molar-refractivity contribution >= 4 is 6.29 Å². The van der Waals surface area contributed by atoms with Crippen LogP contribution in [0.25, 0.3) is 0 Å². The number of benzene rings is 1. The van der Waals surface area contributed by atoms with Gasteiger partial charge in [0.2, 0.25) is 0 Å². The second-order valence-electron chi connectivity index (χ2n) is 4.37. The van der Waals surface area contributed by atoms with Crippen LogP contribution in [0, 0.1) is 0 Å². The number of aldehydes is 1.